The van der Waals surface area contributed by atoms with E-state index in [2.05, 4.69) is 4.98 Å². The average molecular weight is 267 g/mol. The summed E-state index contributed by atoms with van der Waals surface area (Å²) in [5.41, 5.74) is -0.0109. The van der Waals surface area contributed by atoms with Gasteiger partial charge < -0.3 is 14.7 Å². The van der Waals surface area contributed by atoms with Gasteiger partial charge in [0.25, 0.3) is 0 Å². The molecule has 1 saturated heterocycles. The first-order chi connectivity index (χ1) is 9.15. The van der Waals surface area contributed by atoms with Crippen molar-refractivity contribution in [2.75, 3.05) is 31.7 Å². The summed E-state index contributed by atoms with van der Waals surface area (Å²) in [5, 5.41) is 20.2. The molecule has 1 fully saturated rings. The number of aliphatic hydroxyl groups excluding tert-OH is 1. The Bertz CT molecular complexity index is 458. The molecule has 0 spiro atoms. The number of anilines is 1. The van der Waals surface area contributed by atoms with Crippen LogP contribution in [0.4, 0.5) is 11.5 Å². The number of piperidine rings is 1. The maximum absolute atomic E-state index is 11.0. The largest absolute Gasteiger partial charge is 0.481 e. The van der Waals surface area contributed by atoms with Crippen molar-refractivity contribution in [3.05, 3.63) is 22.2 Å². The number of rotatable bonds is 4. The van der Waals surface area contributed by atoms with Crippen LogP contribution < -0.4 is 9.64 Å². The van der Waals surface area contributed by atoms with E-state index in [1.807, 2.05) is 4.90 Å². The molecule has 19 heavy (non-hydrogen) atoms. The molecule has 1 aliphatic heterocycles. The van der Waals surface area contributed by atoms with E-state index in [0.29, 0.717) is 24.8 Å². The molecule has 1 aromatic rings. The number of ether oxygens (including phenoxy) is 1. The third-order valence-corrected chi connectivity index (χ3v) is 3.41. The first-order valence-electron chi connectivity index (χ1n) is 6.21. The number of nitro groups is 1. The highest BCUT2D eigenvalue weighted by Crippen LogP contribution is 2.31. The van der Waals surface area contributed by atoms with Gasteiger partial charge in [0.1, 0.15) is 0 Å². The normalized spacial score (nSPS) is 16.4. The van der Waals surface area contributed by atoms with E-state index in [-0.39, 0.29) is 18.2 Å². The monoisotopic (exact) mass is 267 g/mol. The van der Waals surface area contributed by atoms with Gasteiger partial charge >= 0.3 is 5.69 Å². The quantitative estimate of drug-likeness (QED) is 0.651. The standard InChI is InChI=1S/C12H17N3O4/c1-19-11-3-2-10(15(17)18)12(13-11)14-6-4-9(8-16)5-7-14/h2-3,9,16H,4-8H2,1H3. The Balaban J connectivity index is 2.24. The van der Waals surface area contributed by atoms with E-state index in [0.717, 1.165) is 12.8 Å². The molecule has 0 aliphatic carbocycles. The van der Waals surface area contributed by atoms with Crippen molar-refractivity contribution >= 4 is 11.5 Å². The molecule has 1 aromatic heterocycles. The fourth-order valence-corrected chi connectivity index (χ4v) is 2.24. The molecule has 0 bridgehead atoms. The van der Waals surface area contributed by atoms with Gasteiger partial charge in [-0.05, 0) is 18.8 Å². The van der Waals surface area contributed by atoms with Crippen LogP contribution in [0, 0.1) is 16.0 Å². The molecule has 0 aromatic carbocycles. The van der Waals surface area contributed by atoms with E-state index in [1.165, 1.54) is 19.2 Å². The van der Waals surface area contributed by atoms with Crippen molar-refractivity contribution in [3.63, 3.8) is 0 Å². The fraction of sp³-hybridized carbons (Fsp3) is 0.583. The molecule has 1 N–H and O–H groups in total. The highest BCUT2D eigenvalue weighted by molar-refractivity contribution is 5.59. The maximum Gasteiger partial charge on any atom is 0.311 e. The summed E-state index contributed by atoms with van der Waals surface area (Å²) < 4.78 is 5.02. The van der Waals surface area contributed by atoms with Crippen molar-refractivity contribution in [2.45, 2.75) is 12.8 Å². The first kappa shape index (κ1) is 13.5. The molecule has 7 heteroatoms. The van der Waals surface area contributed by atoms with Gasteiger partial charge in [0.15, 0.2) is 0 Å². The van der Waals surface area contributed by atoms with Crippen LogP contribution in [0.2, 0.25) is 0 Å². The molecular weight excluding hydrogens is 250 g/mol. The van der Waals surface area contributed by atoms with Crippen molar-refractivity contribution in [3.8, 4) is 5.88 Å². The lowest BCUT2D eigenvalue weighted by atomic mass is 9.98. The number of hydrogen-bond acceptors (Lipinski definition) is 6. The second-order valence-electron chi connectivity index (χ2n) is 4.57. The Labute approximate surface area is 111 Å². The second-order valence-corrected chi connectivity index (χ2v) is 4.57. The summed E-state index contributed by atoms with van der Waals surface area (Å²) in [6.07, 6.45) is 1.62. The van der Waals surface area contributed by atoms with Gasteiger partial charge in [0.05, 0.1) is 12.0 Å². The summed E-state index contributed by atoms with van der Waals surface area (Å²) in [6.45, 7) is 1.49. The smallest absolute Gasteiger partial charge is 0.311 e. The molecule has 2 rings (SSSR count). The molecule has 1 aliphatic rings. The summed E-state index contributed by atoms with van der Waals surface area (Å²) in [4.78, 5) is 16.7. The van der Waals surface area contributed by atoms with Crippen LogP contribution in [0.1, 0.15) is 12.8 Å². The zero-order chi connectivity index (χ0) is 13.8. The van der Waals surface area contributed by atoms with Gasteiger partial charge in [-0.3, -0.25) is 10.1 Å². The van der Waals surface area contributed by atoms with Crippen LogP contribution in [-0.4, -0.2) is 41.8 Å². The number of aliphatic hydroxyl groups is 1. The Morgan fingerprint density at radius 1 is 1.53 bits per heavy atom. The Morgan fingerprint density at radius 3 is 2.74 bits per heavy atom. The molecule has 0 atom stereocenters. The maximum atomic E-state index is 11.0. The fourth-order valence-electron chi connectivity index (χ4n) is 2.24. The summed E-state index contributed by atoms with van der Waals surface area (Å²) in [7, 11) is 1.48. The molecular formula is C12H17N3O4. The third-order valence-electron chi connectivity index (χ3n) is 3.41. The Morgan fingerprint density at radius 2 is 2.21 bits per heavy atom. The lowest BCUT2D eigenvalue weighted by Gasteiger charge is -2.31. The number of nitrogens with zero attached hydrogens (tertiary/aromatic N) is 3. The second kappa shape index (κ2) is 5.83. The van der Waals surface area contributed by atoms with Crippen molar-refractivity contribution < 1.29 is 14.8 Å². The summed E-state index contributed by atoms with van der Waals surface area (Å²) >= 11 is 0. The van der Waals surface area contributed by atoms with Crippen LogP contribution in [0.15, 0.2) is 12.1 Å². The third kappa shape index (κ3) is 2.93. The van der Waals surface area contributed by atoms with Crippen LogP contribution >= 0.6 is 0 Å². The van der Waals surface area contributed by atoms with Gasteiger partial charge in [-0.2, -0.15) is 4.98 Å². The Kier molecular flexibility index (Phi) is 4.16. The van der Waals surface area contributed by atoms with E-state index >= 15 is 0 Å². The lowest BCUT2D eigenvalue weighted by molar-refractivity contribution is -0.384. The molecule has 7 nitrogen and oxygen atoms in total. The zero-order valence-corrected chi connectivity index (χ0v) is 10.8. The van der Waals surface area contributed by atoms with E-state index < -0.39 is 4.92 Å². The molecule has 104 valence electrons. The van der Waals surface area contributed by atoms with Crippen LogP contribution in [0.5, 0.6) is 5.88 Å². The Hall–Kier alpha value is -1.89. The minimum absolute atomic E-state index is 0.0109. The van der Waals surface area contributed by atoms with E-state index in [1.54, 1.807) is 0 Å². The number of pyridine rings is 1. The lowest BCUT2D eigenvalue weighted by Crippen LogP contribution is -2.35. The van der Waals surface area contributed by atoms with Crippen molar-refractivity contribution in [1.82, 2.24) is 4.98 Å². The topological polar surface area (TPSA) is 88.7 Å². The van der Waals surface area contributed by atoms with Crippen molar-refractivity contribution in [2.24, 2.45) is 5.92 Å². The number of aromatic nitrogens is 1. The minimum atomic E-state index is -0.431. The predicted molar refractivity (Wildman–Crippen MR) is 69.5 cm³/mol. The minimum Gasteiger partial charge on any atom is -0.481 e. The molecule has 0 unspecified atom stereocenters. The molecule has 0 amide bonds. The van der Waals surface area contributed by atoms with Crippen LogP contribution in [0.3, 0.4) is 0 Å². The molecule has 2 heterocycles. The van der Waals surface area contributed by atoms with E-state index in [4.69, 9.17) is 9.84 Å². The van der Waals surface area contributed by atoms with Gasteiger partial charge in [0.2, 0.25) is 11.7 Å². The summed E-state index contributed by atoms with van der Waals surface area (Å²) in [5.74, 6) is 0.992. The molecule has 0 radical (unpaired) electrons. The first-order valence-corrected chi connectivity index (χ1v) is 6.21. The summed E-state index contributed by atoms with van der Waals surface area (Å²) in [6, 6.07) is 2.90. The van der Waals surface area contributed by atoms with E-state index in [9.17, 15) is 10.1 Å². The van der Waals surface area contributed by atoms with Gasteiger partial charge in [-0.1, -0.05) is 0 Å². The number of hydrogen-bond donors (Lipinski definition) is 1. The van der Waals surface area contributed by atoms with Gasteiger partial charge in [0, 0.05) is 31.8 Å². The predicted octanol–water partition coefficient (Wildman–Crippen LogP) is 1.21. The van der Waals surface area contributed by atoms with Gasteiger partial charge in [-0.15, -0.1) is 0 Å². The SMILES string of the molecule is COc1ccc([N+](=O)[O-])c(N2CCC(CO)CC2)n1. The highest BCUT2D eigenvalue weighted by Gasteiger charge is 2.26. The van der Waals surface area contributed by atoms with Crippen LogP contribution in [-0.2, 0) is 0 Å². The zero-order valence-electron chi connectivity index (χ0n) is 10.8. The number of methoxy groups -OCH3 is 1. The van der Waals surface area contributed by atoms with Crippen molar-refractivity contribution in [1.29, 1.82) is 0 Å². The van der Waals surface area contributed by atoms with Gasteiger partial charge in [-0.25, -0.2) is 0 Å². The average Bonchev–Trinajstić information content (AvgIpc) is 2.46. The van der Waals surface area contributed by atoms with Crippen LogP contribution in [0.25, 0.3) is 0 Å². The highest BCUT2D eigenvalue weighted by atomic mass is 16.6. The molecule has 0 saturated carbocycles.